The summed E-state index contributed by atoms with van der Waals surface area (Å²) in [6, 6.07) is 14.7. The number of hydrogen-bond donors (Lipinski definition) is 1. The first-order valence-corrected chi connectivity index (χ1v) is 13.5. The number of rotatable bonds is 6. The minimum Gasteiger partial charge on any atom is -0.463 e. The molecular weight excluding hydrogens is 612 g/mol. The third-order valence-electron chi connectivity index (χ3n) is 5.49. The summed E-state index contributed by atoms with van der Waals surface area (Å²) in [6.07, 6.45) is 1.44. The average molecular weight is 634 g/mol. The molecule has 0 radical (unpaired) electrons. The van der Waals surface area contributed by atoms with E-state index in [1.165, 1.54) is 22.7 Å². The van der Waals surface area contributed by atoms with Crippen molar-refractivity contribution in [3.63, 3.8) is 0 Å². The molecule has 1 atom stereocenters. The molecule has 2 aromatic rings. The molecular formula is C26H22Br2N2O5S. The van der Waals surface area contributed by atoms with Crippen LogP contribution in [0.4, 0.5) is 0 Å². The van der Waals surface area contributed by atoms with Gasteiger partial charge in [0.05, 0.1) is 30.3 Å². The van der Waals surface area contributed by atoms with Crippen LogP contribution in [-0.2, 0) is 23.9 Å². The van der Waals surface area contributed by atoms with Gasteiger partial charge in [-0.3, -0.25) is 9.69 Å². The number of hydrogen-bond acceptors (Lipinski definition) is 7. The Bertz CT molecular complexity index is 1350. The van der Waals surface area contributed by atoms with Gasteiger partial charge in [0.25, 0.3) is 5.91 Å². The van der Waals surface area contributed by atoms with Crippen LogP contribution in [0.2, 0.25) is 0 Å². The molecule has 0 bridgehead atoms. The number of ether oxygens (including phenoxy) is 2. The van der Waals surface area contributed by atoms with Crippen LogP contribution in [0.15, 0.2) is 85.5 Å². The molecule has 0 saturated heterocycles. The van der Waals surface area contributed by atoms with Crippen molar-refractivity contribution in [3.8, 4) is 0 Å². The lowest BCUT2D eigenvalue weighted by Crippen LogP contribution is -2.42. The largest absolute Gasteiger partial charge is 0.463 e. The third kappa shape index (κ3) is 5.02. The zero-order valence-corrected chi connectivity index (χ0v) is 23.4. The van der Waals surface area contributed by atoms with E-state index in [9.17, 15) is 14.4 Å². The standard InChI is InChI=1S/C26H22Br2N2O5S/c1-3-34-25(32)21-20(15-8-6-10-17(28)12-15)22(26(33)35-4-2)24-30(23(21)29)19(31)13-18(36-24)14-7-5-9-16(27)11-14/h5-13,20H,3-4,29H2,1-2H3. The van der Waals surface area contributed by atoms with Crippen molar-refractivity contribution in [3.05, 3.63) is 96.7 Å². The van der Waals surface area contributed by atoms with Crippen molar-refractivity contribution in [1.29, 1.82) is 0 Å². The highest BCUT2D eigenvalue weighted by atomic mass is 79.9. The van der Waals surface area contributed by atoms with Crippen molar-refractivity contribution in [1.82, 2.24) is 4.90 Å². The fourth-order valence-electron chi connectivity index (χ4n) is 4.04. The predicted molar refractivity (Wildman–Crippen MR) is 145 cm³/mol. The summed E-state index contributed by atoms with van der Waals surface area (Å²) in [4.78, 5) is 41.9. The molecule has 0 aliphatic carbocycles. The SMILES string of the molecule is CCOC(=O)C1=C(N)N2C(=O)C=C(c3cccc(Br)c3)SC2=C(C(=O)OCC)C1c1cccc(Br)c1. The number of carbonyl (C=O) groups is 3. The monoisotopic (exact) mass is 632 g/mol. The van der Waals surface area contributed by atoms with Crippen LogP contribution in [0.25, 0.3) is 4.91 Å². The topological polar surface area (TPSA) is 98.9 Å². The molecule has 0 fully saturated rings. The number of nitrogens with two attached hydrogens (primary N) is 1. The van der Waals surface area contributed by atoms with E-state index in [0.717, 1.165) is 14.5 Å². The quantitative estimate of drug-likeness (QED) is 0.423. The first-order valence-electron chi connectivity index (χ1n) is 11.1. The fraction of sp³-hybridized carbons (Fsp3) is 0.192. The molecule has 7 nitrogen and oxygen atoms in total. The van der Waals surface area contributed by atoms with Crippen molar-refractivity contribution >= 4 is 66.4 Å². The van der Waals surface area contributed by atoms with Crippen molar-refractivity contribution < 1.29 is 23.9 Å². The van der Waals surface area contributed by atoms with Gasteiger partial charge in [0, 0.05) is 19.9 Å². The van der Waals surface area contributed by atoms with Crippen LogP contribution >= 0.6 is 43.6 Å². The third-order valence-corrected chi connectivity index (χ3v) is 7.65. The Morgan fingerprint density at radius 3 is 2.19 bits per heavy atom. The highest BCUT2D eigenvalue weighted by Crippen LogP contribution is 2.50. The molecule has 2 aliphatic heterocycles. The zero-order valence-electron chi connectivity index (χ0n) is 19.4. The number of carbonyl (C=O) groups excluding carboxylic acids is 3. The second-order valence-electron chi connectivity index (χ2n) is 7.74. The van der Waals surface area contributed by atoms with E-state index in [1.54, 1.807) is 32.0 Å². The molecule has 0 spiro atoms. The molecule has 10 heteroatoms. The first-order chi connectivity index (χ1) is 17.3. The number of halogens is 2. The summed E-state index contributed by atoms with van der Waals surface area (Å²) in [5, 5.41) is 0.298. The van der Waals surface area contributed by atoms with Crippen molar-refractivity contribution in [2.24, 2.45) is 5.73 Å². The highest BCUT2D eigenvalue weighted by molar-refractivity contribution is 9.10. The Balaban J connectivity index is 2.00. The van der Waals surface area contributed by atoms with E-state index >= 15 is 0 Å². The van der Waals surface area contributed by atoms with E-state index < -0.39 is 23.8 Å². The molecule has 0 aromatic heterocycles. The minimum atomic E-state index is -0.908. The van der Waals surface area contributed by atoms with Crippen LogP contribution in [0.3, 0.4) is 0 Å². The lowest BCUT2D eigenvalue weighted by molar-refractivity contribution is -0.139. The maximum Gasteiger partial charge on any atom is 0.338 e. The maximum absolute atomic E-state index is 13.5. The lowest BCUT2D eigenvalue weighted by Gasteiger charge is -2.38. The van der Waals surface area contributed by atoms with Crippen molar-refractivity contribution in [2.75, 3.05) is 13.2 Å². The van der Waals surface area contributed by atoms with E-state index in [4.69, 9.17) is 15.2 Å². The van der Waals surface area contributed by atoms with E-state index in [-0.39, 0.29) is 30.2 Å². The molecule has 4 rings (SSSR count). The molecule has 186 valence electrons. The highest BCUT2D eigenvalue weighted by Gasteiger charge is 2.46. The van der Waals surface area contributed by atoms with Crippen LogP contribution in [0, 0.1) is 0 Å². The van der Waals surface area contributed by atoms with Gasteiger partial charge < -0.3 is 15.2 Å². The van der Waals surface area contributed by atoms with Gasteiger partial charge in [0.1, 0.15) is 10.9 Å². The predicted octanol–water partition coefficient (Wildman–Crippen LogP) is 5.43. The Morgan fingerprint density at radius 1 is 0.972 bits per heavy atom. The zero-order chi connectivity index (χ0) is 26.0. The lowest BCUT2D eigenvalue weighted by atomic mass is 9.82. The number of esters is 2. The second-order valence-corrected chi connectivity index (χ2v) is 10.6. The van der Waals surface area contributed by atoms with Gasteiger partial charge in [-0.05, 0) is 49.2 Å². The van der Waals surface area contributed by atoms with Gasteiger partial charge in [-0.15, -0.1) is 0 Å². The Kier molecular flexibility index (Phi) is 8.07. The molecule has 36 heavy (non-hydrogen) atoms. The summed E-state index contributed by atoms with van der Waals surface area (Å²) in [5.41, 5.74) is 8.07. The fourth-order valence-corrected chi connectivity index (χ4v) is 6.06. The second kappa shape index (κ2) is 11.1. The summed E-state index contributed by atoms with van der Waals surface area (Å²) in [5.74, 6) is -2.82. The minimum absolute atomic E-state index is 0.00927. The Labute approximate surface area is 229 Å². The maximum atomic E-state index is 13.5. The molecule has 1 amide bonds. The van der Waals surface area contributed by atoms with Gasteiger partial charge in [-0.1, -0.05) is 67.9 Å². The van der Waals surface area contributed by atoms with Crippen LogP contribution < -0.4 is 5.73 Å². The van der Waals surface area contributed by atoms with Gasteiger partial charge in [-0.2, -0.15) is 0 Å². The normalized spacial score (nSPS) is 17.6. The number of nitrogens with zero attached hydrogens (tertiary/aromatic N) is 1. The van der Waals surface area contributed by atoms with E-state index in [0.29, 0.717) is 15.5 Å². The average Bonchev–Trinajstić information content (AvgIpc) is 2.83. The Hall–Kier alpha value is -2.82. The van der Waals surface area contributed by atoms with Gasteiger partial charge >= 0.3 is 11.9 Å². The molecule has 2 aliphatic rings. The summed E-state index contributed by atoms with van der Waals surface area (Å²) >= 11 is 8.15. The number of benzene rings is 2. The summed E-state index contributed by atoms with van der Waals surface area (Å²) in [6.45, 7) is 3.58. The Morgan fingerprint density at radius 2 is 1.58 bits per heavy atom. The summed E-state index contributed by atoms with van der Waals surface area (Å²) < 4.78 is 12.3. The number of fused-ring (bicyclic) bond motifs is 1. The first kappa shape index (κ1) is 26.2. The van der Waals surface area contributed by atoms with Gasteiger partial charge in [-0.25, -0.2) is 9.59 Å². The van der Waals surface area contributed by atoms with Crippen LogP contribution in [0.5, 0.6) is 0 Å². The number of amides is 1. The molecule has 2 aromatic carbocycles. The van der Waals surface area contributed by atoms with E-state index in [2.05, 4.69) is 31.9 Å². The van der Waals surface area contributed by atoms with Crippen molar-refractivity contribution in [2.45, 2.75) is 19.8 Å². The van der Waals surface area contributed by atoms with Crippen LogP contribution in [0.1, 0.15) is 30.9 Å². The number of thioether (sulfide) groups is 1. The molecule has 0 saturated carbocycles. The van der Waals surface area contributed by atoms with Gasteiger partial charge in [0.15, 0.2) is 0 Å². The molecule has 2 heterocycles. The van der Waals surface area contributed by atoms with Crippen LogP contribution in [-0.4, -0.2) is 36.0 Å². The van der Waals surface area contributed by atoms with Gasteiger partial charge in [0.2, 0.25) is 0 Å². The summed E-state index contributed by atoms with van der Waals surface area (Å²) in [7, 11) is 0. The smallest absolute Gasteiger partial charge is 0.338 e. The molecule has 2 N–H and O–H groups in total. The van der Waals surface area contributed by atoms with E-state index in [1.807, 2.05) is 30.3 Å². The molecule has 1 unspecified atom stereocenters.